The van der Waals surface area contributed by atoms with E-state index in [1.165, 1.54) is 4.90 Å². The fourth-order valence-electron chi connectivity index (χ4n) is 3.76. The van der Waals surface area contributed by atoms with Crippen LogP contribution in [0.25, 0.3) is 0 Å². The van der Waals surface area contributed by atoms with Gasteiger partial charge in [0.15, 0.2) is 11.5 Å². The fourth-order valence-corrected chi connectivity index (χ4v) is 3.76. The summed E-state index contributed by atoms with van der Waals surface area (Å²) in [5.74, 6) is 2.10. The summed E-state index contributed by atoms with van der Waals surface area (Å²) in [4.78, 5) is 1.52. The molecule has 0 spiro atoms. The van der Waals surface area contributed by atoms with Crippen molar-refractivity contribution in [3.8, 4) is 11.5 Å². The Bertz CT molecular complexity index is 601. The van der Waals surface area contributed by atoms with Crippen LogP contribution >= 0.6 is 0 Å². The molecule has 2 heterocycles. The fraction of sp³-hybridized carbons (Fsp3) is 0.700. The highest BCUT2D eigenvalue weighted by molar-refractivity contribution is 5.44. The number of benzene rings is 1. The van der Waals surface area contributed by atoms with E-state index in [1.807, 2.05) is 12.1 Å². The number of hydrogen-bond donors (Lipinski definition) is 1. The van der Waals surface area contributed by atoms with Crippen LogP contribution in [0.4, 0.5) is 13.2 Å². The van der Waals surface area contributed by atoms with Gasteiger partial charge in [-0.1, -0.05) is 6.07 Å². The normalized spacial score (nSPS) is 20.3. The molecule has 152 valence electrons. The Labute approximate surface area is 159 Å². The molecule has 2 aliphatic heterocycles. The zero-order valence-corrected chi connectivity index (χ0v) is 15.9. The molecule has 2 aliphatic rings. The molecule has 0 bridgehead atoms. The molecule has 3 rings (SSSR count). The Morgan fingerprint density at radius 1 is 1.15 bits per heavy atom. The third kappa shape index (κ3) is 6.28. The lowest BCUT2D eigenvalue weighted by Crippen LogP contribution is -2.40. The number of nitrogens with one attached hydrogen (secondary N) is 1. The van der Waals surface area contributed by atoms with Crippen molar-refractivity contribution in [3.05, 3.63) is 23.8 Å². The van der Waals surface area contributed by atoms with Gasteiger partial charge < -0.3 is 14.8 Å². The highest BCUT2D eigenvalue weighted by Crippen LogP contribution is 2.32. The first-order valence-corrected chi connectivity index (χ1v) is 9.83. The minimum atomic E-state index is -4.09. The zero-order valence-electron chi connectivity index (χ0n) is 15.9. The first-order valence-electron chi connectivity index (χ1n) is 9.83. The molecule has 27 heavy (non-hydrogen) atoms. The standard InChI is InChI=1S/C20H29F3N2O2/c1-15(17-3-4-18-19(13-17)27-12-2-11-26-18)24-8-5-16-6-9-25(10-7-16)14-20(21,22)23/h3-4,13,15-16,24H,2,5-12,14H2,1H3. The summed E-state index contributed by atoms with van der Waals surface area (Å²) >= 11 is 0. The summed E-state index contributed by atoms with van der Waals surface area (Å²) in [7, 11) is 0. The van der Waals surface area contributed by atoms with Crippen LogP contribution in [0.1, 0.15) is 44.2 Å². The monoisotopic (exact) mass is 386 g/mol. The summed E-state index contributed by atoms with van der Waals surface area (Å²) in [6, 6.07) is 6.24. The summed E-state index contributed by atoms with van der Waals surface area (Å²) in [6.45, 7) is 4.64. The number of rotatable bonds is 6. The number of alkyl halides is 3. The molecule has 1 saturated heterocycles. The molecule has 1 fully saturated rings. The van der Waals surface area contributed by atoms with Gasteiger partial charge in [-0.2, -0.15) is 13.2 Å². The Morgan fingerprint density at radius 3 is 2.56 bits per heavy atom. The van der Waals surface area contributed by atoms with Gasteiger partial charge in [-0.3, -0.25) is 4.90 Å². The van der Waals surface area contributed by atoms with E-state index < -0.39 is 12.7 Å². The maximum Gasteiger partial charge on any atom is 0.401 e. The van der Waals surface area contributed by atoms with Gasteiger partial charge in [-0.05, 0) is 69.4 Å². The van der Waals surface area contributed by atoms with Crippen molar-refractivity contribution in [1.29, 1.82) is 0 Å². The van der Waals surface area contributed by atoms with E-state index in [0.717, 1.165) is 49.3 Å². The van der Waals surface area contributed by atoms with Crippen molar-refractivity contribution >= 4 is 0 Å². The second-order valence-electron chi connectivity index (χ2n) is 7.56. The van der Waals surface area contributed by atoms with Gasteiger partial charge in [0, 0.05) is 12.5 Å². The summed E-state index contributed by atoms with van der Waals surface area (Å²) in [6.07, 6.45) is -0.521. The predicted molar refractivity (Wildman–Crippen MR) is 98.3 cm³/mol. The lowest BCUT2D eigenvalue weighted by Gasteiger charge is -2.32. The van der Waals surface area contributed by atoms with Gasteiger partial charge in [-0.25, -0.2) is 0 Å². The van der Waals surface area contributed by atoms with Crippen LogP contribution in [-0.2, 0) is 0 Å². The van der Waals surface area contributed by atoms with Crippen molar-refractivity contribution in [1.82, 2.24) is 10.2 Å². The van der Waals surface area contributed by atoms with Crippen LogP contribution < -0.4 is 14.8 Å². The zero-order chi connectivity index (χ0) is 19.3. The van der Waals surface area contributed by atoms with Gasteiger partial charge in [0.1, 0.15) is 0 Å². The second-order valence-corrected chi connectivity index (χ2v) is 7.56. The van der Waals surface area contributed by atoms with Gasteiger partial charge in [-0.15, -0.1) is 0 Å². The van der Waals surface area contributed by atoms with Crippen molar-refractivity contribution in [2.45, 2.75) is 44.8 Å². The van der Waals surface area contributed by atoms with Gasteiger partial charge in [0.25, 0.3) is 0 Å². The van der Waals surface area contributed by atoms with Crippen molar-refractivity contribution in [2.24, 2.45) is 5.92 Å². The molecule has 4 nitrogen and oxygen atoms in total. The molecule has 1 unspecified atom stereocenters. The van der Waals surface area contributed by atoms with E-state index in [0.29, 0.717) is 32.2 Å². The van der Waals surface area contributed by atoms with E-state index in [-0.39, 0.29) is 6.04 Å². The number of nitrogens with zero attached hydrogens (tertiary/aromatic N) is 1. The molecule has 0 saturated carbocycles. The molecule has 1 aromatic rings. The van der Waals surface area contributed by atoms with E-state index in [1.54, 1.807) is 0 Å². The Balaban J connectivity index is 1.40. The number of halogens is 3. The number of likely N-dealkylation sites (tertiary alicyclic amines) is 1. The smallest absolute Gasteiger partial charge is 0.401 e. The van der Waals surface area contributed by atoms with E-state index >= 15 is 0 Å². The summed E-state index contributed by atoms with van der Waals surface area (Å²) in [5, 5.41) is 3.53. The first kappa shape index (κ1) is 20.3. The lowest BCUT2D eigenvalue weighted by molar-refractivity contribution is -0.148. The molecule has 1 atom stereocenters. The Hall–Kier alpha value is -1.47. The largest absolute Gasteiger partial charge is 0.490 e. The Morgan fingerprint density at radius 2 is 1.85 bits per heavy atom. The number of hydrogen-bond acceptors (Lipinski definition) is 4. The van der Waals surface area contributed by atoms with E-state index in [2.05, 4.69) is 18.3 Å². The SMILES string of the molecule is CC(NCCC1CCN(CC(F)(F)F)CC1)c1ccc2c(c1)OCCCO2. The molecule has 1 N–H and O–H groups in total. The van der Waals surface area contributed by atoms with Crippen LogP contribution in [0.3, 0.4) is 0 Å². The quantitative estimate of drug-likeness (QED) is 0.796. The maximum absolute atomic E-state index is 12.4. The minimum Gasteiger partial charge on any atom is -0.490 e. The van der Waals surface area contributed by atoms with Crippen molar-refractivity contribution in [2.75, 3.05) is 39.4 Å². The minimum absolute atomic E-state index is 0.187. The first-order chi connectivity index (χ1) is 12.9. The van der Waals surface area contributed by atoms with E-state index in [4.69, 9.17) is 9.47 Å². The topological polar surface area (TPSA) is 33.7 Å². The number of piperidine rings is 1. The second kappa shape index (κ2) is 9.15. The van der Waals surface area contributed by atoms with Gasteiger partial charge in [0.2, 0.25) is 0 Å². The van der Waals surface area contributed by atoms with Gasteiger partial charge in [0.05, 0.1) is 19.8 Å². The average molecular weight is 386 g/mol. The third-order valence-corrected chi connectivity index (χ3v) is 5.38. The van der Waals surface area contributed by atoms with Crippen LogP contribution in [0.2, 0.25) is 0 Å². The molecule has 0 aliphatic carbocycles. The van der Waals surface area contributed by atoms with Crippen LogP contribution in [0, 0.1) is 5.92 Å². The lowest BCUT2D eigenvalue weighted by atomic mass is 9.93. The van der Waals surface area contributed by atoms with Gasteiger partial charge >= 0.3 is 6.18 Å². The van der Waals surface area contributed by atoms with Crippen LogP contribution in [0.15, 0.2) is 18.2 Å². The molecular formula is C20H29F3N2O2. The third-order valence-electron chi connectivity index (χ3n) is 5.38. The molecule has 1 aromatic carbocycles. The Kier molecular flexibility index (Phi) is 6.87. The van der Waals surface area contributed by atoms with Crippen LogP contribution in [0.5, 0.6) is 11.5 Å². The highest BCUT2D eigenvalue weighted by Gasteiger charge is 2.32. The predicted octanol–water partition coefficient (Wildman–Crippen LogP) is 4.16. The number of ether oxygens (including phenoxy) is 2. The number of fused-ring (bicyclic) bond motifs is 1. The molecule has 0 radical (unpaired) electrons. The summed E-state index contributed by atoms with van der Waals surface area (Å²) in [5.41, 5.74) is 1.15. The molecular weight excluding hydrogens is 357 g/mol. The van der Waals surface area contributed by atoms with Crippen molar-refractivity contribution in [3.63, 3.8) is 0 Å². The molecule has 0 amide bonds. The maximum atomic E-state index is 12.4. The van der Waals surface area contributed by atoms with Crippen molar-refractivity contribution < 1.29 is 22.6 Å². The highest BCUT2D eigenvalue weighted by atomic mass is 19.4. The summed E-state index contributed by atoms with van der Waals surface area (Å²) < 4.78 is 48.8. The molecule has 7 heteroatoms. The van der Waals surface area contributed by atoms with E-state index in [9.17, 15) is 13.2 Å². The average Bonchev–Trinajstić information content (AvgIpc) is 2.86. The molecule has 0 aromatic heterocycles. The van der Waals surface area contributed by atoms with Crippen LogP contribution in [-0.4, -0.2) is 50.5 Å².